The Kier molecular flexibility index (Phi) is 11.8. The third-order valence-corrected chi connectivity index (χ3v) is 3.73. The molecule has 24 heavy (non-hydrogen) atoms. The van der Waals surface area contributed by atoms with Crippen molar-refractivity contribution in [2.45, 2.75) is 32.6 Å². The molecule has 0 aromatic heterocycles. The molecular weight excluding hydrogens is 302 g/mol. The Labute approximate surface area is 146 Å². The van der Waals surface area contributed by atoms with E-state index in [0.29, 0.717) is 19.1 Å². The minimum absolute atomic E-state index is 0.538. The zero-order valence-electron chi connectivity index (χ0n) is 15.4. The number of aliphatic imine (C=N–C) groups is 1. The summed E-state index contributed by atoms with van der Waals surface area (Å²) in [6.45, 7) is 8.89. The molecule has 0 bridgehead atoms. The smallest absolute Gasteiger partial charge is 0.191 e. The van der Waals surface area contributed by atoms with E-state index in [4.69, 9.17) is 9.47 Å². The molecule has 0 aliphatic carbocycles. The lowest BCUT2D eigenvalue weighted by atomic mass is 9.98. The third-order valence-electron chi connectivity index (χ3n) is 3.73. The van der Waals surface area contributed by atoms with Gasteiger partial charge in [-0.25, -0.2) is 0 Å². The van der Waals surface area contributed by atoms with Gasteiger partial charge in [0, 0.05) is 33.4 Å². The molecule has 0 fully saturated rings. The number of nitrogens with zero attached hydrogens (tertiary/aromatic N) is 1. The Bertz CT molecular complexity index is 437. The van der Waals surface area contributed by atoms with Crippen molar-refractivity contribution in [3.05, 3.63) is 35.9 Å². The zero-order chi connectivity index (χ0) is 17.5. The highest BCUT2D eigenvalue weighted by atomic mass is 16.5. The molecule has 136 valence electrons. The summed E-state index contributed by atoms with van der Waals surface area (Å²) >= 11 is 0. The highest BCUT2D eigenvalue weighted by Gasteiger charge is 2.05. The van der Waals surface area contributed by atoms with Crippen molar-refractivity contribution in [3.63, 3.8) is 0 Å². The van der Waals surface area contributed by atoms with Gasteiger partial charge < -0.3 is 20.1 Å². The van der Waals surface area contributed by atoms with Gasteiger partial charge in [-0.05, 0) is 31.2 Å². The molecule has 0 aliphatic rings. The Balaban J connectivity index is 2.23. The van der Waals surface area contributed by atoms with E-state index in [2.05, 4.69) is 59.8 Å². The topological polar surface area (TPSA) is 54.9 Å². The largest absolute Gasteiger partial charge is 0.382 e. The lowest BCUT2D eigenvalue weighted by molar-refractivity contribution is 0.0702. The Morgan fingerprint density at radius 3 is 2.62 bits per heavy atom. The molecular formula is C19H33N3O2. The van der Waals surface area contributed by atoms with E-state index in [1.165, 1.54) is 5.56 Å². The first-order chi connectivity index (χ1) is 11.8. The van der Waals surface area contributed by atoms with Crippen LogP contribution < -0.4 is 10.6 Å². The standard InChI is InChI=1S/C19H33N3O2/c1-4-20-19(21-12-8-14-24-16-15-23-3)22-13-11-17(2)18-9-6-5-7-10-18/h5-7,9-10,17H,4,8,11-16H2,1-3H3,(H2,20,21,22). The number of methoxy groups -OCH3 is 1. The molecule has 0 saturated carbocycles. The Hall–Kier alpha value is -1.59. The average molecular weight is 335 g/mol. The minimum Gasteiger partial charge on any atom is -0.382 e. The minimum atomic E-state index is 0.538. The van der Waals surface area contributed by atoms with Crippen molar-refractivity contribution >= 4 is 5.96 Å². The second-order valence-corrected chi connectivity index (χ2v) is 5.75. The number of rotatable bonds is 12. The van der Waals surface area contributed by atoms with Crippen molar-refractivity contribution in [1.29, 1.82) is 0 Å². The van der Waals surface area contributed by atoms with Crippen LogP contribution in [0.4, 0.5) is 0 Å². The molecule has 0 amide bonds. The van der Waals surface area contributed by atoms with Crippen molar-refractivity contribution in [2.75, 3.05) is 46.6 Å². The van der Waals surface area contributed by atoms with Gasteiger partial charge in [0.1, 0.15) is 0 Å². The number of ether oxygens (including phenoxy) is 2. The fourth-order valence-corrected chi connectivity index (χ4v) is 2.30. The van der Waals surface area contributed by atoms with Crippen molar-refractivity contribution in [1.82, 2.24) is 10.6 Å². The van der Waals surface area contributed by atoms with Crippen LogP contribution in [0.1, 0.15) is 38.2 Å². The van der Waals surface area contributed by atoms with Crippen LogP contribution >= 0.6 is 0 Å². The summed E-state index contributed by atoms with van der Waals surface area (Å²) in [4.78, 5) is 4.58. The summed E-state index contributed by atoms with van der Waals surface area (Å²) in [5.41, 5.74) is 1.38. The van der Waals surface area contributed by atoms with Gasteiger partial charge in [0.25, 0.3) is 0 Å². The molecule has 5 nitrogen and oxygen atoms in total. The maximum atomic E-state index is 5.44. The molecule has 5 heteroatoms. The summed E-state index contributed by atoms with van der Waals surface area (Å²) in [6.07, 6.45) is 2.00. The van der Waals surface area contributed by atoms with E-state index in [1.54, 1.807) is 7.11 Å². The normalized spacial score (nSPS) is 12.9. The SMILES string of the molecule is CCNC(=NCCCOCCOC)NCCC(C)c1ccccc1. The molecule has 1 rings (SSSR count). The molecule has 1 aromatic carbocycles. The van der Waals surface area contributed by atoms with Gasteiger partial charge in [-0.1, -0.05) is 37.3 Å². The number of guanidine groups is 1. The van der Waals surface area contributed by atoms with Crippen LogP contribution in [0.2, 0.25) is 0 Å². The highest BCUT2D eigenvalue weighted by molar-refractivity contribution is 5.79. The first kappa shape index (κ1) is 20.5. The maximum Gasteiger partial charge on any atom is 0.191 e. The van der Waals surface area contributed by atoms with Crippen LogP contribution in [-0.2, 0) is 9.47 Å². The van der Waals surface area contributed by atoms with E-state index >= 15 is 0 Å². The predicted octanol–water partition coefficient (Wildman–Crippen LogP) is 2.79. The quantitative estimate of drug-likeness (QED) is 0.350. The van der Waals surface area contributed by atoms with Crippen LogP contribution in [0.15, 0.2) is 35.3 Å². The van der Waals surface area contributed by atoms with E-state index in [0.717, 1.165) is 45.0 Å². The highest BCUT2D eigenvalue weighted by Crippen LogP contribution is 2.17. The monoisotopic (exact) mass is 335 g/mol. The first-order valence-electron chi connectivity index (χ1n) is 8.91. The fraction of sp³-hybridized carbons (Fsp3) is 0.632. The van der Waals surface area contributed by atoms with Crippen LogP contribution in [0, 0.1) is 0 Å². The predicted molar refractivity (Wildman–Crippen MR) is 101 cm³/mol. The van der Waals surface area contributed by atoms with Crippen LogP contribution in [-0.4, -0.2) is 52.5 Å². The van der Waals surface area contributed by atoms with E-state index in [1.807, 2.05) is 0 Å². The van der Waals surface area contributed by atoms with Crippen LogP contribution in [0.3, 0.4) is 0 Å². The van der Waals surface area contributed by atoms with Crippen molar-refractivity contribution in [3.8, 4) is 0 Å². The Morgan fingerprint density at radius 2 is 1.92 bits per heavy atom. The van der Waals surface area contributed by atoms with E-state index in [9.17, 15) is 0 Å². The number of nitrogens with one attached hydrogen (secondary N) is 2. The van der Waals surface area contributed by atoms with E-state index < -0.39 is 0 Å². The maximum absolute atomic E-state index is 5.44. The van der Waals surface area contributed by atoms with Crippen LogP contribution in [0.5, 0.6) is 0 Å². The molecule has 2 N–H and O–H groups in total. The zero-order valence-corrected chi connectivity index (χ0v) is 15.4. The third kappa shape index (κ3) is 9.53. The number of hydrogen-bond acceptors (Lipinski definition) is 3. The van der Waals surface area contributed by atoms with Gasteiger partial charge in [0.05, 0.1) is 13.2 Å². The summed E-state index contributed by atoms with van der Waals surface area (Å²) in [5, 5.41) is 6.70. The molecule has 0 heterocycles. The van der Waals surface area contributed by atoms with E-state index in [-0.39, 0.29) is 0 Å². The van der Waals surface area contributed by atoms with Gasteiger partial charge in [0.2, 0.25) is 0 Å². The first-order valence-corrected chi connectivity index (χ1v) is 8.91. The molecule has 1 atom stereocenters. The number of benzene rings is 1. The fourth-order valence-electron chi connectivity index (χ4n) is 2.30. The Morgan fingerprint density at radius 1 is 1.12 bits per heavy atom. The molecule has 1 unspecified atom stereocenters. The van der Waals surface area contributed by atoms with Crippen molar-refractivity contribution in [2.24, 2.45) is 4.99 Å². The average Bonchev–Trinajstić information content (AvgIpc) is 2.61. The van der Waals surface area contributed by atoms with Crippen molar-refractivity contribution < 1.29 is 9.47 Å². The van der Waals surface area contributed by atoms with Crippen LogP contribution in [0.25, 0.3) is 0 Å². The lowest BCUT2D eigenvalue weighted by Crippen LogP contribution is -2.38. The summed E-state index contributed by atoms with van der Waals surface area (Å²) in [5.74, 6) is 1.42. The summed E-state index contributed by atoms with van der Waals surface area (Å²) in [7, 11) is 1.68. The molecule has 0 spiro atoms. The summed E-state index contributed by atoms with van der Waals surface area (Å²) < 4.78 is 10.4. The molecule has 0 radical (unpaired) electrons. The van der Waals surface area contributed by atoms with Gasteiger partial charge in [0.15, 0.2) is 5.96 Å². The number of hydrogen-bond donors (Lipinski definition) is 2. The second-order valence-electron chi connectivity index (χ2n) is 5.75. The van der Waals surface area contributed by atoms with Gasteiger partial charge in [-0.15, -0.1) is 0 Å². The molecule has 0 aliphatic heterocycles. The van der Waals surface area contributed by atoms with Gasteiger partial charge in [-0.3, -0.25) is 4.99 Å². The lowest BCUT2D eigenvalue weighted by Gasteiger charge is -2.15. The molecule has 1 aromatic rings. The molecule has 0 saturated heterocycles. The van der Waals surface area contributed by atoms with Gasteiger partial charge in [-0.2, -0.15) is 0 Å². The second kappa shape index (κ2) is 13.8. The summed E-state index contributed by atoms with van der Waals surface area (Å²) in [6, 6.07) is 10.6. The van der Waals surface area contributed by atoms with Gasteiger partial charge >= 0.3 is 0 Å².